The van der Waals surface area contributed by atoms with Crippen LogP contribution < -0.4 is 24.8 Å². The molecule has 11 heteroatoms. The predicted octanol–water partition coefficient (Wildman–Crippen LogP) is 7.27. The first-order chi connectivity index (χ1) is 21.1. The normalized spacial score (nSPS) is 11.2. The van der Waals surface area contributed by atoms with Gasteiger partial charge in [-0.2, -0.15) is 13.2 Å². The molecule has 0 saturated heterocycles. The number of halogens is 3. The average molecular weight is 602 g/mol. The molecule has 0 atom stereocenters. The largest absolute Gasteiger partial charge is 0.493 e. The number of amides is 2. The zero-order valence-electron chi connectivity index (χ0n) is 23.6. The van der Waals surface area contributed by atoms with Gasteiger partial charge in [0.15, 0.2) is 11.5 Å². The first-order valence-electron chi connectivity index (χ1n) is 13.2. The van der Waals surface area contributed by atoms with E-state index in [1.807, 2.05) is 0 Å². The molecule has 0 aliphatic rings. The van der Waals surface area contributed by atoms with Crippen molar-refractivity contribution in [2.24, 2.45) is 0 Å². The second-order valence-electron chi connectivity index (χ2n) is 9.54. The number of rotatable bonds is 9. The number of anilines is 1. The maximum atomic E-state index is 13.8. The standard InChI is InChI=1S/C33H26F3N3O5/c1-4-31(40)38-18-19-11-12-20(15-25(19)33(34,35)36)39-32(41)23-9-5-8-22-21(23)7-6-10-27(22)44-28-13-14-37-26-17-30(43-3)29(42-2)16-24(26)28/h4-17H,1,18H2,2-3H3,(H,38,40)(H,39,41). The van der Waals surface area contributed by atoms with E-state index in [-0.39, 0.29) is 23.4 Å². The van der Waals surface area contributed by atoms with Gasteiger partial charge in [-0.05, 0) is 53.4 Å². The number of pyridine rings is 1. The molecule has 0 bridgehead atoms. The third-order valence-corrected chi connectivity index (χ3v) is 6.87. The summed E-state index contributed by atoms with van der Waals surface area (Å²) in [6.07, 6.45) is -2.15. The molecule has 0 unspecified atom stereocenters. The van der Waals surface area contributed by atoms with Gasteiger partial charge in [-0.15, -0.1) is 0 Å². The number of carbonyl (C=O) groups is 2. The topological polar surface area (TPSA) is 98.8 Å². The van der Waals surface area contributed by atoms with Crippen LogP contribution in [0.15, 0.2) is 91.6 Å². The second-order valence-corrected chi connectivity index (χ2v) is 9.54. The first kappa shape index (κ1) is 29.9. The van der Waals surface area contributed by atoms with Crippen molar-refractivity contribution in [2.75, 3.05) is 19.5 Å². The van der Waals surface area contributed by atoms with Gasteiger partial charge in [0, 0.05) is 40.8 Å². The van der Waals surface area contributed by atoms with Crippen molar-refractivity contribution in [2.45, 2.75) is 12.7 Å². The van der Waals surface area contributed by atoms with Crippen molar-refractivity contribution in [3.63, 3.8) is 0 Å². The lowest BCUT2D eigenvalue weighted by Crippen LogP contribution is -2.22. The summed E-state index contributed by atoms with van der Waals surface area (Å²) in [5.74, 6) is 0.735. The fourth-order valence-corrected chi connectivity index (χ4v) is 4.75. The van der Waals surface area contributed by atoms with Crippen molar-refractivity contribution >= 4 is 39.2 Å². The van der Waals surface area contributed by atoms with E-state index in [0.29, 0.717) is 44.7 Å². The quantitative estimate of drug-likeness (QED) is 0.173. The monoisotopic (exact) mass is 601 g/mol. The van der Waals surface area contributed by atoms with Gasteiger partial charge in [-0.25, -0.2) is 0 Å². The molecule has 0 aliphatic carbocycles. The van der Waals surface area contributed by atoms with Gasteiger partial charge in [-0.3, -0.25) is 14.6 Å². The summed E-state index contributed by atoms with van der Waals surface area (Å²) in [7, 11) is 3.06. The maximum Gasteiger partial charge on any atom is 0.416 e. The number of nitrogens with zero attached hydrogens (tertiary/aromatic N) is 1. The number of hydrogen-bond donors (Lipinski definition) is 2. The van der Waals surface area contributed by atoms with E-state index in [2.05, 4.69) is 22.2 Å². The van der Waals surface area contributed by atoms with Crippen LogP contribution in [0.5, 0.6) is 23.0 Å². The molecule has 44 heavy (non-hydrogen) atoms. The van der Waals surface area contributed by atoms with Crippen LogP contribution in [0.4, 0.5) is 18.9 Å². The molecule has 5 rings (SSSR count). The molecule has 0 spiro atoms. The molecule has 1 heterocycles. The van der Waals surface area contributed by atoms with Gasteiger partial charge >= 0.3 is 6.18 Å². The van der Waals surface area contributed by atoms with Crippen molar-refractivity contribution in [1.82, 2.24) is 10.3 Å². The Morgan fingerprint density at radius 2 is 1.57 bits per heavy atom. The Hall–Kier alpha value is -5.58. The average Bonchev–Trinajstić information content (AvgIpc) is 3.02. The van der Waals surface area contributed by atoms with E-state index in [1.165, 1.54) is 26.4 Å². The third-order valence-electron chi connectivity index (χ3n) is 6.87. The summed E-state index contributed by atoms with van der Waals surface area (Å²) in [4.78, 5) is 29.2. The fraction of sp³-hybridized carbons (Fsp3) is 0.121. The van der Waals surface area contributed by atoms with Gasteiger partial charge in [0.2, 0.25) is 5.91 Å². The summed E-state index contributed by atoms with van der Waals surface area (Å²) in [5, 5.41) is 6.71. The Bertz CT molecular complexity index is 1910. The minimum absolute atomic E-state index is 0.0573. The highest BCUT2D eigenvalue weighted by atomic mass is 19.4. The van der Waals surface area contributed by atoms with Gasteiger partial charge in [0.05, 0.1) is 25.3 Å². The molecule has 8 nitrogen and oxygen atoms in total. The van der Waals surface area contributed by atoms with Crippen LogP contribution in [0.1, 0.15) is 21.5 Å². The number of alkyl halides is 3. The zero-order valence-corrected chi connectivity index (χ0v) is 23.6. The van der Waals surface area contributed by atoms with E-state index in [1.54, 1.807) is 60.8 Å². The molecule has 0 radical (unpaired) electrons. The lowest BCUT2D eigenvalue weighted by atomic mass is 10.0. The van der Waals surface area contributed by atoms with Crippen molar-refractivity contribution < 1.29 is 37.0 Å². The third kappa shape index (κ3) is 6.12. The Balaban J connectivity index is 1.46. The van der Waals surface area contributed by atoms with Gasteiger partial charge in [0.1, 0.15) is 11.5 Å². The molecule has 1 aromatic heterocycles. The van der Waals surface area contributed by atoms with Gasteiger partial charge in [-0.1, -0.05) is 36.9 Å². The Kier molecular flexibility index (Phi) is 8.38. The number of aromatic nitrogens is 1. The molecule has 2 amide bonds. The first-order valence-corrected chi connectivity index (χ1v) is 13.2. The zero-order chi connectivity index (χ0) is 31.4. The van der Waals surface area contributed by atoms with Crippen LogP contribution in [-0.2, 0) is 17.5 Å². The summed E-state index contributed by atoms with van der Waals surface area (Å²) in [6, 6.07) is 18.8. The molecule has 224 valence electrons. The minimum atomic E-state index is -4.72. The van der Waals surface area contributed by atoms with Crippen LogP contribution in [0.25, 0.3) is 21.7 Å². The highest BCUT2D eigenvalue weighted by molar-refractivity contribution is 6.13. The summed E-state index contributed by atoms with van der Waals surface area (Å²) in [5.41, 5.74) is -0.342. The SMILES string of the molecule is C=CC(=O)NCc1ccc(NC(=O)c2cccc3c(Oc4ccnc5cc(OC)c(OC)cc45)cccc23)cc1C(F)(F)F. The van der Waals surface area contributed by atoms with E-state index < -0.39 is 23.6 Å². The Labute approximate surface area is 250 Å². The number of benzene rings is 4. The highest BCUT2D eigenvalue weighted by Gasteiger charge is 2.33. The van der Waals surface area contributed by atoms with E-state index in [0.717, 1.165) is 12.1 Å². The van der Waals surface area contributed by atoms with Crippen molar-refractivity contribution in [3.05, 3.63) is 108 Å². The molecule has 4 aromatic carbocycles. The summed E-state index contributed by atoms with van der Waals surface area (Å²) >= 11 is 0. The van der Waals surface area contributed by atoms with Crippen LogP contribution in [0.3, 0.4) is 0 Å². The van der Waals surface area contributed by atoms with Crippen LogP contribution in [-0.4, -0.2) is 31.0 Å². The van der Waals surface area contributed by atoms with E-state index in [4.69, 9.17) is 14.2 Å². The summed E-state index contributed by atoms with van der Waals surface area (Å²) < 4.78 is 58.6. The van der Waals surface area contributed by atoms with Crippen LogP contribution in [0.2, 0.25) is 0 Å². The van der Waals surface area contributed by atoms with Gasteiger partial charge in [0.25, 0.3) is 5.91 Å². The number of carbonyl (C=O) groups excluding carboxylic acids is 2. The number of methoxy groups -OCH3 is 2. The second kappa shape index (κ2) is 12.3. The Morgan fingerprint density at radius 3 is 2.30 bits per heavy atom. The van der Waals surface area contributed by atoms with Gasteiger partial charge < -0.3 is 24.8 Å². The lowest BCUT2D eigenvalue weighted by Gasteiger charge is -2.16. The Morgan fingerprint density at radius 1 is 0.864 bits per heavy atom. The lowest BCUT2D eigenvalue weighted by molar-refractivity contribution is -0.138. The molecular weight excluding hydrogens is 575 g/mol. The number of fused-ring (bicyclic) bond motifs is 2. The van der Waals surface area contributed by atoms with Crippen molar-refractivity contribution in [1.29, 1.82) is 0 Å². The predicted molar refractivity (Wildman–Crippen MR) is 160 cm³/mol. The van der Waals surface area contributed by atoms with E-state index in [9.17, 15) is 22.8 Å². The molecular formula is C33H26F3N3O5. The summed E-state index contributed by atoms with van der Waals surface area (Å²) in [6.45, 7) is 2.94. The fourth-order valence-electron chi connectivity index (χ4n) is 4.75. The molecule has 0 aliphatic heterocycles. The smallest absolute Gasteiger partial charge is 0.416 e. The van der Waals surface area contributed by atoms with Crippen LogP contribution in [0, 0.1) is 0 Å². The molecule has 0 saturated carbocycles. The number of nitrogens with one attached hydrogen (secondary N) is 2. The number of ether oxygens (including phenoxy) is 3. The van der Waals surface area contributed by atoms with E-state index >= 15 is 0 Å². The number of hydrogen-bond acceptors (Lipinski definition) is 6. The molecule has 0 fully saturated rings. The van der Waals surface area contributed by atoms with Crippen LogP contribution >= 0.6 is 0 Å². The molecule has 5 aromatic rings. The molecule has 2 N–H and O–H groups in total. The maximum absolute atomic E-state index is 13.8. The minimum Gasteiger partial charge on any atom is -0.493 e. The van der Waals surface area contributed by atoms with Crippen molar-refractivity contribution in [3.8, 4) is 23.0 Å². The highest BCUT2D eigenvalue weighted by Crippen LogP contribution is 2.39.